The highest BCUT2D eigenvalue weighted by Gasteiger charge is 2.14. The van der Waals surface area contributed by atoms with Gasteiger partial charge in [0.25, 0.3) is 0 Å². The molecule has 0 aliphatic carbocycles. The van der Waals surface area contributed by atoms with E-state index >= 15 is 0 Å². The third-order valence-corrected chi connectivity index (χ3v) is 9.21. The van der Waals surface area contributed by atoms with Gasteiger partial charge in [0.1, 0.15) is 0 Å². The van der Waals surface area contributed by atoms with Gasteiger partial charge >= 0.3 is 0 Å². The van der Waals surface area contributed by atoms with Crippen molar-refractivity contribution in [3.05, 3.63) is 0 Å². The average Bonchev–Trinajstić information content (AvgIpc) is 2.63. The lowest BCUT2D eigenvalue weighted by atomic mass is 10.1. The summed E-state index contributed by atoms with van der Waals surface area (Å²) >= 11 is 0. The summed E-state index contributed by atoms with van der Waals surface area (Å²) in [5.41, 5.74) is 1.00. The molecule has 0 spiro atoms. The fraction of sp³-hybridized carbons (Fsp3) is 1.00. The first kappa shape index (κ1) is 25.4. The maximum atomic E-state index is 2.53. The Bertz CT molecular complexity index is 218. The summed E-state index contributed by atoms with van der Waals surface area (Å²) in [6, 6.07) is 0. The van der Waals surface area contributed by atoms with E-state index in [2.05, 4.69) is 27.7 Å². The van der Waals surface area contributed by atoms with Gasteiger partial charge < -0.3 is 0 Å². The Morgan fingerprint density at radius 3 is 1.12 bits per heavy atom. The second kappa shape index (κ2) is 20.7. The molecule has 0 rings (SSSR count). The van der Waals surface area contributed by atoms with E-state index in [-0.39, 0.29) is 0 Å². The van der Waals surface area contributed by atoms with Crippen LogP contribution >= 0.6 is 7.92 Å². The van der Waals surface area contributed by atoms with E-state index in [1.54, 1.807) is 12.3 Å². The fourth-order valence-corrected chi connectivity index (χ4v) is 6.59. The van der Waals surface area contributed by atoms with Crippen LogP contribution in [0.4, 0.5) is 0 Å². The van der Waals surface area contributed by atoms with E-state index in [9.17, 15) is 0 Å². The van der Waals surface area contributed by atoms with Gasteiger partial charge in [-0.15, -0.1) is 7.92 Å². The summed E-state index contributed by atoms with van der Waals surface area (Å²) in [6.07, 6.45) is 28.0. The molecule has 0 fully saturated rings. The van der Waals surface area contributed by atoms with Gasteiger partial charge in [-0.25, -0.2) is 0 Å². The molecule has 0 N–H and O–H groups in total. The molecule has 0 saturated carbocycles. The molecule has 0 aromatic rings. The van der Waals surface area contributed by atoms with Gasteiger partial charge in [0.05, 0.1) is 0 Å². The van der Waals surface area contributed by atoms with Gasteiger partial charge in [-0.2, -0.15) is 0 Å². The molecule has 1 heteroatoms. The predicted molar refractivity (Wildman–Crippen MR) is 122 cm³/mol. The molecule has 1 unspecified atom stereocenters. The van der Waals surface area contributed by atoms with E-state index in [0.717, 1.165) is 5.66 Å². The van der Waals surface area contributed by atoms with Gasteiger partial charge in [-0.1, -0.05) is 118 Å². The van der Waals surface area contributed by atoms with Gasteiger partial charge in [0.15, 0.2) is 0 Å². The summed E-state index contributed by atoms with van der Waals surface area (Å²) in [7, 11) is 0.318. The number of rotatable bonds is 20. The normalized spacial score (nSPS) is 12.8. The van der Waals surface area contributed by atoms with Crippen LogP contribution in [-0.4, -0.2) is 18.0 Å². The molecule has 1 atom stereocenters. The SMILES string of the molecule is CCCCCCCCCCP(CCCCCCCCCC)C(C)CC. The van der Waals surface area contributed by atoms with Crippen molar-refractivity contribution in [3.63, 3.8) is 0 Å². The monoisotopic (exact) mass is 370 g/mol. The zero-order chi connectivity index (χ0) is 18.6. The lowest BCUT2D eigenvalue weighted by Crippen LogP contribution is -2.05. The Kier molecular flexibility index (Phi) is 21.1. The van der Waals surface area contributed by atoms with E-state index in [4.69, 9.17) is 0 Å². The van der Waals surface area contributed by atoms with Crippen molar-refractivity contribution in [2.75, 3.05) is 12.3 Å². The molecule has 0 radical (unpaired) electrons. The highest BCUT2D eigenvalue weighted by Crippen LogP contribution is 2.44. The van der Waals surface area contributed by atoms with Crippen molar-refractivity contribution in [3.8, 4) is 0 Å². The smallest absolute Gasteiger partial charge is 0.0240 e. The van der Waals surface area contributed by atoms with Crippen molar-refractivity contribution in [1.82, 2.24) is 0 Å². The van der Waals surface area contributed by atoms with Gasteiger partial charge in [-0.3, -0.25) is 0 Å². The Morgan fingerprint density at radius 2 is 0.800 bits per heavy atom. The quantitative estimate of drug-likeness (QED) is 0.148. The van der Waals surface area contributed by atoms with Crippen molar-refractivity contribution in [1.29, 1.82) is 0 Å². The molecule has 0 heterocycles. The zero-order valence-electron chi connectivity index (χ0n) is 18.5. The number of hydrogen-bond donors (Lipinski definition) is 0. The molecule has 0 saturated heterocycles. The van der Waals surface area contributed by atoms with E-state index < -0.39 is 0 Å². The lowest BCUT2D eigenvalue weighted by Gasteiger charge is -2.24. The summed E-state index contributed by atoms with van der Waals surface area (Å²) < 4.78 is 0. The van der Waals surface area contributed by atoms with Crippen molar-refractivity contribution >= 4 is 7.92 Å². The minimum Gasteiger partial charge on any atom is -0.104 e. The Morgan fingerprint density at radius 1 is 0.480 bits per heavy atom. The molecule has 0 aromatic heterocycles. The average molecular weight is 371 g/mol. The number of unbranched alkanes of at least 4 members (excludes halogenated alkanes) is 14. The Hall–Kier alpha value is 0.430. The molecule has 152 valence electrons. The van der Waals surface area contributed by atoms with Crippen LogP contribution in [0.1, 0.15) is 137 Å². The van der Waals surface area contributed by atoms with Crippen LogP contribution in [0.15, 0.2) is 0 Å². The van der Waals surface area contributed by atoms with Crippen LogP contribution in [0.3, 0.4) is 0 Å². The van der Waals surface area contributed by atoms with Crippen LogP contribution < -0.4 is 0 Å². The third-order valence-electron chi connectivity index (χ3n) is 5.81. The largest absolute Gasteiger partial charge is 0.104 e. The molecular formula is C24H51P. The summed E-state index contributed by atoms with van der Waals surface area (Å²) in [4.78, 5) is 0. The highest BCUT2D eigenvalue weighted by atomic mass is 31.1. The molecule has 0 aromatic carbocycles. The molecule has 0 nitrogen and oxygen atoms in total. The molecule has 0 bridgehead atoms. The third kappa shape index (κ3) is 17.6. The van der Waals surface area contributed by atoms with Crippen LogP contribution in [0.2, 0.25) is 0 Å². The van der Waals surface area contributed by atoms with E-state index in [1.165, 1.54) is 109 Å². The van der Waals surface area contributed by atoms with Crippen LogP contribution in [-0.2, 0) is 0 Å². The maximum absolute atomic E-state index is 2.53. The van der Waals surface area contributed by atoms with E-state index in [0.29, 0.717) is 7.92 Å². The first-order chi connectivity index (χ1) is 12.3. The van der Waals surface area contributed by atoms with E-state index in [1.807, 2.05) is 0 Å². The maximum Gasteiger partial charge on any atom is -0.0240 e. The molecule has 0 aliphatic rings. The van der Waals surface area contributed by atoms with Crippen molar-refractivity contribution in [2.45, 2.75) is 143 Å². The number of hydrogen-bond acceptors (Lipinski definition) is 0. The van der Waals surface area contributed by atoms with Gasteiger partial charge in [-0.05, 0) is 37.2 Å². The topological polar surface area (TPSA) is 0 Å². The predicted octanol–water partition coefficient (Wildman–Crippen LogP) is 9.55. The second-order valence-corrected chi connectivity index (χ2v) is 11.2. The van der Waals surface area contributed by atoms with Gasteiger partial charge in [0, 0.05) is 0 Å². The standard InChI is InChI=1S/C24H51P/c1-5-8-10-12-14-16-18-20-22-25(24(4)7-3)23-21-19-17-15-13-11-9-6-2/h24H,5-23H2,1-4H3. The molecule has 25 heavy (non-hydrogen) atoms. The minimum absolute atomic E-state index is 0.318. The highest BCUT2D eigenvalue weighted by molar-refractivity contribution is 7.58. The van der Waals surface area contributed by atoms with Crippen LogP contribution in [0.25, 0.3) is 0 Å². The molecule has 0 amide bonds. The fourth-order valence-electron chi connectivity index (χ4n) is 3.71. The summed E-state index contributed by atoms with van der Waals surface area (Å²) in [6.45, 7) is 9.55. The second-order valence-electron chi connectivity index (χ2n) is 8.24. The summed E-state index contributed by atoms with van der Waals surface area (Å²) in [5.74, 6) is 0. The van der Waals surface area contributed by atoms with Crippen molar-refractivity contribution in [2.24, 2.45) is 0 Å². The molecular weight excluding hydrogens is 319 g/mol. The Labute approximate surface area is 163 Å². The first-order valence-corrected chi connectivity index (χ1v) is 13.8. The summed E-state index contributed by atoms with van der Waals surface area (Å²) in [5, 5.41) is 0. The lowest BCUT2D eigenvalue weighted by molar-refractivity contribution is 0.583. The first-order valence-electron chi connectivity index (χ1n) is 12.0. The molecule has 0 aliphatic heterocycles. The van der Waals surface area contributed by atoms with Crippen molar-refractivity contribution < 1.29 is 0 Å². The Balaban J connectivity index is 3.62. The minimum atomic E-state index is 0.318. The zero-order valence-corrected chi connectivity index (χ0v) is 19.4. The van der Waals surface area contributed by atoms with Crippen LogP contribution in [0.5, 0.6) is 0 Å². The van der Waals surface area contributed by atoms with Crippen LogP contribution in [0, 0.1) is 0 Å². The van der Waals surface area contributed by atoms with Gasteiger partial charge in [0.2, 0.25) is 0 Å².